The Hall–Kier alpha value is -0.680. The van der Waals surface area contributed by atoms with E-state index in [-0.39, 0.29) is 17.4 Å². The monoisotopic (exact) mass is 268 g/mol. The molecule has 15 heavy (non-hydrogen) atoms. The van der Waals surface area contributed by atoms with E-state index in [2.05, 4.69) is 0 Å². The van der Waals surface area contributed by atoms with Crippen LogP contribution in [-0.4, -0.2) is 12.5 Å². The summed E-state index contributed by atoms with van der Waals surface area (Å²) >= 11 is 17.2. The lowest BCUT2D eigenvalue weighted by Crippen LogP contribution is -2.34. The molecule has 0 aliphatic rings. The summed E-state index contributed by atoms with van der Waals surface area (Å²) in [6.45, 7) is -0.242. The van der Waals surface area contributed by atoms with Crippen LogP contribution < -0.4 is 16.0 Å². The third kappa shape index (κ3) is 3.43. The molecule has 82 valence electrons. The van der Waals surface area contributed by atoms with Gasteiger partial charge in [-0.1, -0.05) is 34.8 Å². The molecule has 0 heterocycles. The van der Waals surface area contributed by atoms with E-state index in [1.54, 1.807) is 0 Å². The number of hydrazine groups is 1. The minimum absolute atomic E-state index is 0.242. The molecule has 1 aromatic carbocycles. The maximum Gasteiger partial charge on any atom is 0.271 e. The number of ether oxygens (including phenoxy) is 1. The van der Waals surface area contributed by atoms with Gasteiger partial charge in [0.05, 0.1) is 15.1 Å². The van der Waals surface area contributed by atoms with Crippen LogP contribution in [0.1, 0.15) is 0 Å². The first-order chi connectivity index (χ1) is 7.04. The number of rotatable bonds is 3. The second-order valence-electron chi connectivity index (χ2n) is 2.55. The van der Waals surface area contributed by atoms with E-state index in [4.69, 9.17) is 45.4 Å². The van der Waals surface area contributed by atoms with Gasteiger partial charge in [-0.15, -0.1) is 0 Å². The van der Waals surface area contributed by atoms with Crippen LogP contribution in [0.25, 0.3) is 0 Å². The highest BCUT2D eigenvalue weighted by Crippen LogP contribution is 2.33. The maximum absolute atomic E-state index is 10.8. The summed E-state index contributed by atoms with van der Waals surface area (Å²) in [5.41, 5.74) is 1.91. The van der Waals surface area contributed by atoms with Crippen LogP contribution in [0.2, 0.25) is 15.1 Å². The minimum atomic E-state index is -0.475. The van der Waals surface area contributed by atoms with Gasteiger partial charge in [0.15, 0.2) is 6.61 Å². The summed E-state index contributed by atoms with van der Waals surface area (Å²) in [7, 11) is 0. The number of carbonyl (C=O) groups excluding carboxylic acids is 1. The summed E-state index contributed by atoms with van der Waals surface area (Å²) in [6, 6.07) is 2.86. The van der Waals surface area contributed by atoms with Crippen molar-refractivity contribution in [1.29, 1.82) is 0 Å². The topological polar surface area (TPSA) is 64.3 Å². The lowest BCUT2D eigenvalue weighted by atomic mass is 10.3. The number of carbonyl (C=O) groups is 1. The fourth-order valence-electron chi connectivity index (χ4n) is 0.800. The molecule has 0 aliphatic carbocycles. The standard InChI is InChI=1S/C8H7Cl3N2O2/c9-4-1-6(11)7(2-5(4)10)15-3-8(14)13-12/h1-2H,3,12H2,(H,13,14). The Bertz CT molecular complexity index is 384. The van der Waals surface area contributed by atoms with Crippen LogP contribution in [-0.2, 0) is 4.79 Å². The highest BCUT2D eigenvalue weighted by Gasteiger charge is 2.08. The number of hydrogen-bond donors (Lipinski definition) is 2. The fraction of sp³-hybridized carbons (Fsp3) is 0.125. The molecular formula is C8H7Cl3N2O2. The van der Waals surface area contributed by atoms with Gasteiger partial charge in [0.2, 0.25) is 0 Å². The molecule has 0 spiro atoms. The molecule has 4 nitrogen and oxygen atoms in total. The van der Waals surface area contributed by atoms with Gasteiger partial charge >= 0.3 is 0 Å². The van der Waals surface area contributed by atoms with E-state index < -0.39 is 5.91 Å². The van der Waals surface area contributed by atoms with Crippen LogP contribution in [0, 0.1) is 0 Å². The predicted octanol–water partition coefficient (Wildman–Crippen LogP) is 2.02. The zero-order chi connectivity index (χ0) is 11.4. The first-order valence-electron chi connectivity index (χ1n) is 3.81. The Morgan fingerprint density at radius 3 is 2.47 bits per heavy atom. The Morgan fingerprint density at radius 1 is 1.27 bits per heavy atom. The number of nitrogens with two attached hydrogens (primary N) is 1. The summed E-state index contributed by atoms with van der Waals surface area (Å²) in [5.74, 6) is 4.67. The number of halogens is 3. The van der Waals surface area contributed by atoms with Crippen molar-refractivity contribution in [3.8, 4) is 5.75 Å². The van der Waals surface area contributed by atoms with Gasteiger partial charge in [0.25, 0.3) is 5.91 Å². The lowest BCUT2D eigenvalue weighted by molar-refractivity contribution is -0.123. The zero-order valence-corrected chi connectivity index (χ0v) is 9.66. The van der Waals surface area contributed by atoms with Crippen LogP contribution in [0.3, 0.4) is 0 Å². The molecule has 1 rings (SSSR count). The molecule has 0 fully saturated rings. The van der Waals surface area contributed by atoms with E-state index in [1.165, 1.54) is 12.1 Å². The molecule has 0 bridgehead atoms. The molecular weight excluding hydrogens is 262 g/mol. The van der Waals surface area contributed by atoms with Crippen molar-refractivity contribution in [2.75, 3.05) is 6.61 Å². The third-order valence-electron chi connectivity index (χ3n) is 1.49. The van der Waals surface area contributed by atoms with Crippen molar-refractivity contribution in [1.82, 2.24) is 5.43 Å². The molecule has 7 heteroatoms. The lowest BCUT2D eigenvalue weighted by Gasteiger charge is -2.08. The maximum atomic E-state index is 10.8. The average Bonchev–Trinajstić information content (AvgIpc) is 2.21. The predicted molar refractivity (Wildman–Crippen MR) is 59.3 cm³/mol. The molecule has 3 N–H and O–H groups in total. The normalized spacial score (nSPS) is 9.87. The molecule has 0 unspecified atom stereocenters. The first-order valence-corrected chi connectivity index (χ1v) is 4.94. The Kier molecular flexibility index (Phi) is 4.47. The van der Waals surface area contributed by atoms with Gasteiger partial charge in [-0.25, -0.2) is 5.84 Å². The van der Waals surface area contributed by atoms with Gasteiger partial charge in [0.1, 0.15) is 5.75 Å². The van der Waals surface area contributed by atoms with E-state index in [1.807, 2.05) is 5.43 Å². The van der Waals surface area contributed by atoms with Crippen molar-refractivity contribution in [3.05, 3.63) is 27.2 Å². The van der Waals surface area contributed by atoms with E-state index >= 15 is 0 Å². The summed E-state index contributed by atoms with van der Waals surface area (Å²) in [5, 5.41) is 0.885. The molecule has 0 saturated carbocycles. The Labute approximate surface area is 101 Å². The highest BCUT2D eigenvalue weighted by atomic mass is 35.5. The first kappa shape index (κ1) is 12.4. The molecule has 0 aromatic heterocycles. The van der Waals surface area contributed by atoms with Crippen LogP contribution in [0.5, 0.6) is 5.75 Å². The van der Waals surface area contributed by atoms with Crippen molar-refractivity contribution in [3.63, 3.8) is 0 Å². The molecule has 1 amide bonds. The van der Waals surface area contributed by atoms with Crippen LogP contribution in [0.15, 0.2) is 12.1 Å². The minimum Gasteiger partial charge on any atom is -0.482 e. The molecule has 0 atom stereocenters. The second kappa shape index (κ2) is 5.42. The van der Waals surface area contributed by atoms with E-state index in [0.717, 1.165) is 0 Å². The zero-order valence-electron chi connectivity index (χ0n) is 7.39. The smallest absolute Gasteiger partial charge is 0.271 e. The Balaban J connectivity index is 2.77. The quantitative estimate of drug-likeness (QED) is 0.382. The molecule has 0 saturated heterocycles. The van der Waals surface area contributed by atoms with Gasteiger partial charge in [0, 0.05) is 6.07 Å². The number of amides is 1. The van der Waals surface area contributed by atoms with Crippen molar-refractivity contribution >= 4 is 40.7 Å². The second-order valence-corrected chi connectivity index (χ2v) is 3.77. The van der Waals surface area contributed by atoms with Crippen molar-refractivity contribution in [2.24, 2.45) is 5.84 Å². The number of nitrogens with one attached hydrogen (secondary N) is 1. The Morgan fingerprint density at radius 2 is 1.87 bits per heavy atom. The van der Waals surface area contributed by atoms with Crippen molar-refractivity contribution in [2.45, 2.75) is 0 Å². The molecule has 0 radical (unpaired) electrons. The summed E-state index contributed by atoms with van der Waals surface area (Å²) in [6.07, 6.45) is 0. The molecule has 0 aliphatic heterocycles. The summed E-state index contributed by atoms with van der Waals surface area (Å²) < 4.78 is 5.06. The SMILES string of the molecule is NNC(=O)COc1cc(Cl)c(Cl)cc1Cl. The van der Waals surface area contributed by atoms with Crippen LogP contribution in [0.4, 0.5) is 0 Å². The van der Waals surface area contributed by atoms with Gasteiger partial charge in [-0.2, -0.15) is 0 Å². The van der Waals surface area contributed by atoms with E-state index in [0.29, 0.717) is 10.0 Å². The largest absolute Gasteiger partial charge is 0.482 e. The van der Waals surface area contributed by atoms with Gasteiger partial charge < -0.3 is 4.74 Å². The van der Waals surface area contributed by atoms with E-state index in [9.17, 15) is 4.79 Å². The van der Waals surface area contributed by atoms with Gasteiger partial charge in [-0.3, -0.25) is 10.2 Å². The summed E-state index contributed by atoms with van der Waals surface area (Å²) in [4.78, 5) is 10.8. The van der Waals surface area contributed by atoms with Gasteiger partial charge in [-0.05, 0) is 6.07 Å². The molecule has 1 aromatic rings. The number of benzene rings is 1. The van der Waals surface area contributed by atoms with Crippen LogP contribution >= 0.6 is 34.8 Å². The highest BCUT2D eigenvalue weighted by molar-refractivity contribution is 6.43. The third-order valence-corrected chi connectivity index (χ3v) is 2.51. The van der Waals surface area contributed by atoms with Crippen molar-refractivity contribution < 1.29 is 9.53 Å². The number of hydrogen-bond acceptors (Lipinski definition) is 3. The fourth-order valence-corrected chi connectivity index (χ4v) is 1.39. The average molecular weight is 270 g/mol.